The molecule has 1 nitrogen and oxygen atoms in total. The number of aliphatic hydroxyl groups is 1. The Labute approximate surface area is 120 Å². The highest BCUT2D eigenvalue weighted by Crippen LogP contribution is 2.57. The van der Waals surface area contributed by atoms with E-state index in [9.17, 15) is 5.11 Å². The molecule has 0 heterocycles. The quantitative estimate of drug-likeness (QED) is 0.883. The minimum Gasteiger partial charge on any atom is -0.396 e. The van der Waals surface area contributed by atoms with Gasteiger partial charge in [-0.1, -0.05) is 48.9 Å². The minimum atomic E-state index is 0.160. The van der Waals surface area contributed by atoms with E-state index in [1.165, 1.54) is 42.0 Å². The number of benzene rings is 2. The number of hydrogen-bond donors (Lipinski definition) is 1. The van der Waals surface area contributed by atoms with E-state index in [0.717, 1.165) is 18.3 Å². The van der Waals surface area contributed by atoms with E-state index in [1.54, 1.807) is 0 Å². The highest BCUT2D eigenvalue weighted by molar-refractivity contribution is 5.85. The Bertz CT molecular complexity index is 627. The third-order valence-corrected chi connectivity index (χ3v) is 5.84. The number of rotatable bonds is 3. The van der Waals surface area contributed by atoms with Crippen LogP contribution in [0.2, 0.25) is 0 Å². The van der Waals surface area contributed by atoms with Crippen molar-refractivity contribution in [3.8, 4) is 0 Å². The van der Waals surface area contributed by atoms with Crippen molar-refractivity contribution in [3.05, 3.63) is 48.0 Å². The normalized spacial score (nSPS) is 32.0. The summed E-state index contributed by atoms with van der Waals surface area (Å²) in [6.45, 7) is 0.359. The van der Waals surface area contributed by atoms with Gasteiger partial charge in [-0.15, -0.1) is 0 Å². The fourth-order valence-corrected chi connectivity index (χ4v) is 4.85. The molecule has 2 aliphatic rings. The van der Waals surface area contributed by atoms with E-state index in [4.69, 9.17) is 0 Å². The van der Waals surface area contributed by atoms with Crippen molar-refractivity contribution in [1.82, 2.24) is 0 Å². The maximum Gasteiger partial charge on any atom is 0.0493 e. The van der Waals surface area contributed by atoms with Gasteiger partial charge in [-0.05, 0) is 53.9 Å². The molecule has 3 atom stereocenters. The summed E-state index contributed by atoms with van der Waals surface area (Å²) in [6, 6.07) is 15.2. The Balaban J connectivity index is 1.73. The molecule has 2 bridgehead atoms. The maximum absolute atomic E-state index is 10.1. The molecule has 0 amide bonds. The van der Waals surface area contributed by atoms with Gasteiger partial charge in [-0.2, -0.15) is 0 Å². The summed E-state index contributed by atoms with van der Waals surface area (Å²) >= 11 is 0. The minimum absolute atomic E-state index is 0.160. The zero-order chi connectivity index (χ0) is 13.6. The number of aliphatic hydroxyl groups excluding tert-OH is 1. The van der Waals surface area contributed by atoms with E-state index >= 15 is 0 Å². The molecule has 104 valence electrons. The molecule has 0 radical (unpaired) electrons. The lowest BCUT2D eigenvalue weighted by molar-refractivity contribution is 0.0655. The van der Waals surface area contributed by atoms with Gasteiger partial charge in [0.2, 0.25) is 0 Å². The van der Waals surface area contributed by atoms with E-state index in [0.29, 0.717) is 6.61 Å². The van der Waals surface area contributed by atoms with Crippen LogP contribution >= 0.6 is 0 Å². The van der Waals surface area contributed by atoms with Crippen LogP contribution in [0.25, 0.3) is 10.8 Å². The Morgan fingerprint density at radius 3 is 2.65 bits per heavy atom. The molecule has 2 fully saturated rings. The van der Waals surface area contributed by atoms with Crippen LogP contribution in [-0.2, 0) is 6.42 Å². The molecule has 20 heavy (non-hydrogen) atoms. The third kappa shape index (κ3) is 1.80. The fraction of sp³-hybridized carbons (Fsp3) is 0.474. The molecule has 0 aromatic heterocycles. The molecule has 2 aliphatic carbocycles. The molecular weight excluding hydrogens is 244 g/mol. The summed E-state index contributed by atoms with van der Waals surface area (Å²) in [5, 5.41) is 12.8. The Hall–Kier alpha value is -1.34. The van der Waals surface area contributed by atoms with E-state index in [1.807, 2.05) is 0 Å². The number of hydrogen-bond acceptors (Lipinski definition) is 1. The van der Waals surface area contributed by atoms with Gasteiger partial charge in [0.1, 0.15) is 0 Å². The second kappa shape index (κ2) is 4.60. The largest absolute Gasteiger partial charge is 0.396 e. The smallest absolute Gasteiger partial charge is 0.0493 e. The molecule has 0 saturated heterocycles. The molecule has 2 aromatic carbocycles. The summed E-state index contributed by atoms with van der Waals surface area (Å²) < 4.78 is 0. The molecular formula is C19H22O. The van der Waals surface area contributed by atoms with E-state index in [2.05, 4.69) is 42.5 Å². The van der Waals surface area contributed by atoms with Crippen LogP contribution in [0.3, 0.4) is 0 Å². The van der Waals surface area contributed by atoms with Crippen molar-refractivity contribution >= 4 is 10.8 Å². The predicted molar refractivity (Wildman–Crippen MR) is 82.6 cm³/mol. The Kier molecular flexibility index (Phi) is 2.85. The monoisotopic (exact) mass is 266 g/mol. The highest BCUT2D eigenvalue weighted by Gasteiger charge is 2.50. The van der Waals surface area contributed by atoms with Crippen molar-refractivity contribution < 1.29 is 5.11 Å². The second-order valence-electron chi connectivity index (χ2n) is 6.92. The van der Waals surface area contributed by atoms with Crippen LogP contribution in [0.5, 0.6) is 0 Å². The van der Waals surface area contributed by atoms with Crippen molar-refractivity contribution in [2.45, 2.75) is 32.1 Å². The first-order valence-corrected chi connectivity index (χ1v) is 7.88. The van der Waals surface area contributed by atoms with Crippen LogP contribution in [-0.4, -0.2) is 11.7 Å². The lowest BCUT2D eigenvalue weighted by atomic mass is 9.69. The highest BCUT2D eigenvalue weighted by atomic mass is 16.3. The van der Waals surface area contributed by atoms with Crippen LogP contribution < -0.4 is 0 Å². The van der Waals surface area contributed by atoms with Gasteiger partial charge in [0.05, 0.1) is 0 Å². The van der Waals surface area contributed by atoms with Crippen molar-refractivity contribution in [2.24, 2.45) is 17.3 Å². The van der Waals surface area contributed by atoms with Gasteiger partial charge in [-0.25, -0.2) is 0 Å². The molecule has 2 aromatic rings. The first-order chi connectivity index (χ1) is 9.81. The average molecular weight is 266 g/mol. The van der Waals surface area contributed by atoms with Crippen LogP contribution in [0.1, 0.15) is 31.2 Å². The SMILES string of the molecule is OCC1(Cc2cccc3ccccc23)CC2CCC1C2. The van der Waals surface area contributed by atoms with Crippen LogP contribution in [0.15, 0.2) is 42.5 Å². The van der Waals surface area contributed by atoms with Crippen molar-refractivity contribution in [1.29, 1.82) is 0 Å². The predicted octanol–water partition coefficient (Wildman–Crippen LogP) is 4.18. The molecule has 2 saturated carbocycles. The van der Waals surface area contributed by atoms with Crippen molar-refractivity contribution in [2.75, 3.05) is 6.61 Å². The summed E-state index contributed by atoms with van der Waals surface area (Å²) in [6.07, 6.45) is 6.35. The van der Waals surface area contributed by atoms with E-state index < -0.39 is 0 Å². The number of fused-ring (bicyclic) bond motifs is 3. The summed E-state index contributed by atoms with van der Waals surface area (Å²) in [4.78, 5) is 0. The fourth-order valence-electron chi connectivity index (χ4n) is 4.85. The molecule has 4 rings (SSSR count). The average Bonchev–Trinajstić information content (AvgIpc) is 3.09. The van der Waals surface area contributed by atoms with Gasteiger partial charge in [0, 0.05) is 12.0 Å². The van der Waals surface area contributed by atoms with Gasteiger partial charge < -0.3 is 5.11 Å². The molecule has 0 spiro atoms. The topological polar surface area (TPSA) is 20.2 Å². The van der Waals surface area contributed by atoms with Crippen LogP contribution in [0.4, 0.5) is 0 Å². The second-order valence-corrected chi connectivity index (χ2v) is 6.92. The van der Waals surface area contributed by atoms with Gasteiger partial charge in [0.15, 0.2) is 0 Å². The lowest BCUT2D eigenvalue weighted by Crippen LogP contribution is -2.34. The first kappa shape index (κ1) is 12.4. The molecule has 1 heteroatoms. The molecule has 1 N–H and O–H groups in total. The summed E-state index contributed by atoms with van der Waals surface area (Å²) in [5.41, 5.74) is 1.58. The third-order valence-electron chi connectivity index (χ3n) is 5.84. The van der Waals surface area contributed by atoms with Gasteiger partial charge in [0.25, 0.3) is 0 Å². The zero-order valence-electron chi connectivity index (χ0n) is 11.9. The molecule has 0 aliphatic heterocycles. The summed E-state index contributed by atoms with van der Waals surface area (Å²) in [7, 11) is 0. The van der Waals surface area contributed by atoms with Crippen molar-refractivity contribution in [3.63, 3.8) is 0 Å². The Morgan fingerprint density at radius 1 is 1.05 bits per heavy atom. The van der Waals surface area contributed by atoms with Gasteiger partial charge in [-0.3, -0.25) is 0 Å². The van der Waals surface area contributed by atoms with Gasteiger partial charge >= 0.3 is 0 Å². The maximum atomic E-state index is 10.1. The van der Waals surface area contributed by atoms with E-state index in [-0.39, 0.29) is 5.41 Å². The standard InChI is InChI=1S/C19H22O/c20-13-19(11-14-8-9-17(19)10-14)12-16-6-3-5-15-4-1-2-7-18(15)16/h1-7,14,17,20H,8-13H2. The zero-order valence-corrected chi connectivity index (χ0v) is 11.9. The van der Waals surface area contributed by atoms with Crippen LogP contribution in [0, 0.1) is 17.3 Å². The molecule has 3 unspecified atom stereocenters. The summed E-state index contributed by atoms with van der Waals surface area (Å²) in [5.74, 6) is 1.62. The lowest BCUT2D eigenvalue weighted by Gasteiger charge is -2.36. The Morgan fingerprint density at radius 2 is 1.90 bits per heavy atom. The first-order valence-electron chi connectivity index (χ1n) is 7.88.